The Morgan fingerprint density at radius 3 is 2.59 bits per heavy atom. The van der Waals surface area contributed by atoms with Crippen LogP contribution in [0, 0.1) is 30.1 Å². The van der Waals surface area contributed by atoms with Gasteiger partial charge < -0.3 is 10.4 Å². The zero-order valence-corrected chi connectivity index (χ0v) is 19.3. The number of benzene rings is 1. The molecule has 1 aliphatic heterocycles. The molecule has 1 atom stereocenters. The lowest BCUT2D eigenvalue weighted by Crippen LogP contribution is -2.36. The minimum Gasteiger partial charge on any atom is -0.378 e. The van der Waals surface area contributed by atoms with Crippen molar-refractivity contribution < 1.29 is 9.90 Å². The molecule has 2 aromatic rings. The maximum atomic E-state index is 12.7. The fraction of sp³-hybridized carbons (Fsp3) is 0.481. The van der Waals surface area contributed by atoms with E-state index in [0.29, 0.717) is 6.54 Å². The average molecular weight is 432 g/mol. The number of carbonyl (C=O) groups excluding carboxylic acids is 1. The van der Waals surface area contributed by atoms with E-state index in [9.17, 15) is 9.90 Å². The van der Waals surface area contributed by atoms with Crippen molar-refractivity contribution in [1.82, 2.24) is 15.2 Å². The lowest BCUT2D eigenvalue weighted by atomic mass is 9.90. The molecule has 0 bridgehead atoms. The van der Waals surface area contributed by atoms with Crippen molar-refractivity contribution in [3.63, 3.8) is 0 Å². The molecule has 1 unspecified atom stereocenters. The van der Waals surface area contributed by atoms with Gasteiger partial charge in [0, 0.05) is 23.7 Å². The van der Waals surface area contributed by atoms with E-state index in [-0.39, 0.29) is 17.2 Å². The third kappa shape index (κ3) is 5.76. The topological polar surface area (TPSA) is 65.5 Å². The molecule has 1 saturated heterocycles. The number of rotatable bonds is 5. The highest BCUT2D eigenvalue weighted by Crippen LogP contribution is 2.59. The van der Waals surface area contributed by atoms with Gasteiger partial charge in [0.2, 0.25) is 5.91 Å². The van der Waals surface area contributed by atoms with Gasteiger partial charge in [-0.3, -0.25) is 14.7 Å². The Hall–Kier alpha value is -2.68. The van der Waals surface area contributed by atoms with Crippen LogP contribution in [0.1, 0.15) is 55.6 Å². The van der Waals surface area contributed by atoms with Crippen LogP contribution >= 0.6 is 0 Å². The summed E-state index contributed by atoms with van der Waals surface area (Å²) in [4.78, 5) is 19.6. The third-order valence-corrected chi connectivity index (χ3v) is 6.62. The van der Waals surface area contributed by atoms with E-state index in [4.69, 9.17) is 0 Å². The molecule has 1 aromatic heterocycles. The number of piperidine rings is 1. The van der Waals surface area contributed by atoms with Crippen molar-refractivity contribution in [2.75, 3.05) is 13.1 Å². The number of nitrogens with one attached hydrogen (secondary N) is 1. The first-order valence-corrected chi connectivity index (χ1v) is 11.5. The molecule has 2 N–H and O–H groups in total. The van der Waals surface area contributed by atoms with Crippen LogP contribution < -0.4 is 5.32 Å². The number of likely N-dealkylation sites (tertiary alicyclic amines) is 1. The minimum atomic E-state index is -0.975. The fourth-order valence-electron chi connectivity index (χ4n) is 4.60. The van der Waals surface area contributed by atoms with E-state index < -0.39 is 5.60 Å². The predicted molar refractivity (Wildman–Crippen MR) is 125 cm³/mol. The number of nitrogens with zero attached hydrogens (tertiary/aromatic N) is 2. The Morgan fingerprint density at radius 1 is 1.22 bits per heavy atom. The highest BCUT2D eigenvalue weighted by Gasteiger charge is 2.58. The lowest BCUT2D eigenvalue weighted by Gasteiger charge is -2.32. The molecule has 5 nitrogen and oxygen atoms in total. The number of hydrogen-bond acceptors (Lipinski definition) is 4. The van der Waals surface area contributed by atoms with Gasteiger partial charge in [-0.15, -0.1) is 0 Å². The van der Waals surface area contributed by atoms with E-state index in [1.807, 2.05) is 37.3 Å². The van der Waals surface area contributed by atoms with Crippen LogP contribution in [0.15, 0.2) is 42.5 Å². The smallest absolute Gasteiger partial charge is 0.224 e. The SMILES string of the molecule is Cc1cccc(CNC(=O)C2CC23CCN(Cc2ccc(C#CC(C)(C)O)cc2)CC3)n1. The monoisotopic (exact) mass is 431 g/mol. The first-order valence-electron chi connectivity index (χ1n) is 11.5. The van der Waals surface area contributed by atoms with Gasteiger partial charge in [0.05, 0.1) is 12.2 Å². The zero-order chi connectivity index (χ0) is 22.8. The molecule has 168 valence electrons. The summed E-state index contributed by atoms with van der Waals surface area (Å²) in [5.41, 5.74) is 3.31. The molecule has 2 fully saturated rings. The van der Waals surface area contributed by atoms with Crippen LogP contribution in [-0.4, -0.2) is 39.6 Å². The molecule has 1 aromatic carbocycles. The maximum Gasteiger partial charge on any atom is 0.224 e. The second kappa shape index (κ2) is 9.05. The summed E-state index contributed by atoms with van der Waals surface area (Å²) in [7, 11) is 0. The van der Waals surface area contributed by atoms with Gasteiger partial charge >= 0.3 is 0 Å². The van der Waals surface area contributed by atoms with Gasteiger partial charge in [-0.1, -0.05) is 30.0 Å². The van der Waals surface area contributed by atoms with Crippen LogP contribution in [0.4, 0.5) is 0 Å². The van der Waals surface area contributed by atoms with Crippen molar-refractivity contribution in [3.8, 4) is 11.8 Å². The quantitative estimate of drug-likeness (QED) is 0.712. The number of carbonyl (C=O) groups is 1. The van der Waals surface area contributed by atoms with Gasteiger partial charge in [0.1, 0.15) is 5.60 Å². The Kier molecular flexibility index (Phi) is 6.37. The number of pyridine rings is 1. The van der Waals surface area contributed by atoms with Gasteiger partial charge in [0.15, 0.2) is 0 Å². The maximum absolute atomic E-state index is 12.7. The summed E-state index contributed by atoms with van der Waals surface area (Å²) in [6.07, 6.45) is 3.19. The third-order valence-electron chi connectivity index (χ3n) is 6.62. The molecular formula is C27H33N3O2. The molecule has 5 heteroatoms. The molecule has 1 amide bonds. The molecule has 2 aliphatic rings. The van der Waals surface area contributed by atoms with Crippen molar-refractivity contribution in [2.24, 2.45) is 11.3 Å². The highest BCUT2D eigenvalue weighted by atomic mass is 16.3. The van der Waals surface area contributed by atoms with Crippen LogP contribution in [-0.2, 0) is 17.9 Å². The van der Waals surface area contributed by atoms with Crippen molar-refractivity contribution in [2.45, 2.75) is 58.7 Å². The molecule has 4 rings (SSSR count). The largest absolute Gasteiger partial charge is 0.378 e. The van der Waals surface area contributed by atoms with Gasteiger partial charge in [-0.2, -0.15) is 0 Å². The van der Waals surface area contributed by atoms with Gasteiger partial charge in [-0.25, -0.2) is 0 Å². The van der Waals surface area contributed by atoms with Gasteiger partial charge in [0.25, 0.3) is 0 Å². The summed E-state index contributed by atoms with van der Waals surface area (Å²) in [5.74, 6) is 6.21. The number of aliphatic hydroxyl groups is 1. The summed E-state index contributed by atoms with van der Waals surface area (Å²) < 4.78 is 0. The predicted octanol–water partition coefficient (Wildman–Crippen LogP) is 3.43. The second-order valence-corrected chi connectivity index (χ2v) is 9.89. The van der Waals surface area contributed by atoms with Crippen LogP contribution in [0.2, 0.25) is 0 Å². The summed E-state index contributed by atoms with van der Waals surface area (Å²) in [6, 6.07) is 14.2. The number of amides is 1. The van der Waals surface area contributed by atoms with Crippen molar-refractivity contribution in [1.29, 1.82) is 0 Å². The molecule has 2 heterocycles. The first kappa shape index (κ1) is 22.5. The Bertz CT molecular complexity index is 1020. The zero-order valence-electron chi connectivity index (χ0n) is 19.3. The van der Waals surface area contributed by atoms with Crippen molar-refractivity contribution in [3.05, 3.63) is 65.0 Å². The number of aryl methyl sites for hydroxylation is 1. The summed E-state index contributed by atoms with van der Waals surface area (Å²) >= 11 is 0. The summed E-state index contributed by atoms with van der Waals surface area (Å²) in [5, 5.41) is 12.8. The average Bonchev–Trinajstić information content (AvgIpc) is 3.46. The second-order valence-electron chi connectivity index (χ2n) is 9.89. The molecule has 1 aliphatic carbocycles. The Morgan fingerprint density at radius 2 is 1.94 bits per heavy atom. The standard InChI is InChI=1S/C27H33N3O2/c1-20-5-4-6-23(29-20)18-28-25(31)24-17-27(24)13-15-30(16-14-27)19-22-9-7-21(8-10-22)11-12-26(2,3)32/h4-10,24,32H,13-19H2,1-3H3,(H,28,31). The van der Waals surface area contributed by atoms with E-state index in [1.165, 1.54) is 5.56 Å². The van der Waals surface area contributed by atoms with E-state index in [2.05, 4.69) is 39.2 Å². The Labute approximate surface area is 191 Å². The Balaban J connectivity index is 1.23. The fourth-order valence-corrected chi connectivity index (χ4v) is 4.60. The van der Waals surface area contributed by atoms with Crippen molar-refractivity contribution >= 4 is 5.91 Å². The van der Waals surface area contributed by atoms with E-state index >= 15 is 0 Å². The van der Waals surface area contributed by atoms with Crippen LogP contribution in [0.25, 0.3) is 0 Å². The normalized spacial score (nSPS) is 19.8. The number of aromatic nitrogens is 1. The first-order chi connectivity index (χ1) is 15.2. The molecular weight excluding hydrogens is 398 g/mol. The highest BCUT2D eigenvalue weighted by molar-refractivity contribution is 5.82. The van der Waals surface area contributed by atoms with Gasteiger partial charge in [-0.05, 0) is 88.4 Å². The molecule has 1 saturated carbocycles. The van der Waals surface area contributed by atoms with Crippen LogP contribution in [0.5, 0.6) is 0 Å². The van der Waals surface area contributed by atoms with E-state index in [0.717, 1.165) is 55.8 Å². The van der Waals surface area contributed by atoms with Crippen LogP contribution in [0.3, 0.4) is 0 Å². The molecule has 32 heavy (non-hydrogen) atoms. The minimum absolute atomic E-state index is 0.156. The molecule has 1 spiro atoms. The van der Waals surface area contributed by atoms with E-state index in [1.54, 1.807) is 13.8 Å². The lowest BCUT2D eigenvalue weighted by molar-refractivity contribution is -0.123. The molecule has 0 radical (unpaired) electrons. The summed E-state index contributed by atoms with van der Waals surface area (Å²) in [6.45, 7) is 8.84. The number of hydrogen-bond donors (Lipinski definition) is 2.